The lowest BCUT2D eigenvalue weighted by molar-refractivity contribution is 0.0416. The lowest BCUT2D eigenvalue weighted by atomic mass is 9.57. The van der Waals surface area contributed by atoms with Crippen LogP contribution >= 0.6 is 0 Å². The molecule has 0 saturated heterocycles. The highest BCUT2D eigenvalue weighted by atomic mass is 16.6. The fourth-order valence-corrected chi connectivity index (χ4v) is 4.43. The molecule has 2 unspecified atom stereocenters. The van der Waals surface area contributed by atoms with Crippen molar-refractivity contribution in [3.05, 3.63) is 11.6 Å². The molecule has 2 aliphatic rings. The standard InChI is InChI=1S/C20H36N2O4/c1-15-4-5-17-14-18(6-7-20(17,3)16(15)2)26-19(25)21-8-9-22(10-12-23)11-13-24/h5,15-16,18,23-24H,4,6-14H2,1-3H3,(H,21,25)/t15?,16?,18-,20+/m0/s1. The van der Waals surface area contributed by atoms with E-state index in [9.17, 15) is 4.79 Å². The van der Waals surface area contributed by atoms with E-state index in [0.29, 0.717) is 38.0 Å². The average molecular weight is 369 g/mol. The molecule has 3 N–H and O–H groups in total. The van der Waals surface area contributed by atoms with Gasteiger partial charge in [-0.3, -0.25) is 4.90 Å². The van der Waals surface area contributed by atoms with E-state index in [-0.39, 0.29) is 30.8 Å². The zero-order valence-electron chi connectivity index (χ0n) is 16.5. The minimum Gasteiger partial charge on any atom is -0.446 e. The molecule has 150 valence electrons. The van der Waals surface area contributed by atoms with Crippen molar-refractivity contribution in [1.29, 1.82) is 0 Å². The maximum Gasteiger partial charge on any atom is 0.407 e. The van der Waals surface area contributed by atoms with Crippen molar-refractivity contribution in [3.63, 3.8) is 0 Å². The molecule has 0 spiro atoms. The maximum atomic E-state index is 12.1. The molecule has 0 heterocycles. The topological polar surface area (TPSA) is 82.0 Å². The number of ether oxygens (including phenoxy) is 1. The summed E-state index contributed by atoms with van der Waals surface area (Å²) < 4.78 is 5.64. The van der Waals surface area contributed by atoms with Gasteiger partial charge in [-0.25, -0.2) is 4.79 Å². The van der Waals surface area contributed by atoms with Crippen LogP contribution in [0.4, 0.5) is 4.79 Å². The van der Waals surface area contributed by atoms with Crippen molar-refractivity contribution in [1.82, 2.24) is 10.2 Å². The normalized spacial score (nSPS) is 31.3. The third-order valence-corrected chi connectivity index (χ3v) is 6.56. The fourth-order valence-electron chi connectivity index (χ4n) is 4.43. The first-order valence-corrected chi connectivity index (χ1v) is 9.98. The fraction of sp³-hybridized carbons (Fsp3) is 0.850. The van der Waals surface area contributed by atoms with E-state index in [0.717, 1.165) is 25.7 Å². The Bertz CT molecular complexity index is 490. The largest absolute Gasteiger partial charge is 0.446 e. The predicted octanol–water partition coefficient (Wildman–Crippen LogP) is 2.16. The monoisotopic (exact) mass is 368 g/mol. The maximum absolute atomic E-state index is 12.1. The van der Waals surface area contributed by atoms with Gasteiger partial charge < -0.3 is 20.3 Å². The third-order valence-electron chi connectivity index (χ3n) is 6.56. The molecule has 0 aromatic heterocycles. The van der Waals surface area contributed by atoms with Gasteiger partial charge in [-0.05, 0) is 36.5 Å². The Morgan fingerprint density at radius 1 is 1.31 bits per heavy atom. The van der Waals surface area contributed by atoms with Gasteiger partial charge in [0, 0.05) is 32.6 Å². The van der Waals surface area contributed by atoms with Crippen LogP contribution in [-0.4, -0.2) is 66.7 Å². The first kappa shape index (κ1) is 21.2. The van der Waals surface area contributed by atoms with Gasteiger partial charge in [-0.2, -0.15) is 0 Å². The van der Waals surface area contributed by atoms with Gasteiger partial charge in [0.1, 0.15) is 6.10 Å². The number of allylic oxidation sites excluding steroid dienone is 1. The minimum atomic E-state index is -0.371. The second-order valence-corrected chi connectivity index (χ2v) is 8.13. The van der Waals surface area contributed by atoms with E-state index in [1.807, 2.05) is 4.90 Å². The Morgan fingerprint density at radius 2 is 2.00 bits per heavy atom. The summed E-state index contributed by atoms with van der Waals surface area (Å²) in [4.78, 5) is 14.0. The molecule has 4 atom stereocenters. The Kier molecular flexibility index (Phi) is 7.92. The molecule has 0 aromatic rings. The number of hydrogen-bond acceptors (Lipinski definition) is 5. The number of nitrogens with zero attached hydrogens (tertiary/aromatic N) is 1. The summed E-state index contributed by atoms with van der Waals surface area (Å²) >= 11 is 0. The second kappa shape index (κ2) is 9.72. The molecule has 2 aliphatic carbocycles. The molecule has 2 rings (SSSR count). The van der Waals surface area contributed by atoms with Crippen molar-refractivity contribution in [2.75, 3.05) is 39.4 Å². The zero-order chi connectivity index (χ0) is 19.2. The SMILES string of the molecule is CC1CC=C2C[C@@H](OC(=O)NCCN(CCO)CCO)CC[C@]2(C)C1C. The number of carbonyl (C=O) groups is 1. The quantitative estimate of drug-likeness (QED) is 0.572. The smallest absolute Gasteiger partial charge is 0.407 e. The van der Waals surface area contributed by atoms with E-state index in [1.165, 1.54) is 5.57 Å². The van der Waals surface area contributed by atoms with Crippen molar-refractivity contribution < 1.29 is 19.7 Å². The summed E-state index contributed by atoms with van der Waals surface area (Å²) in [6, 6.07) is 0. The average Bonchev–Trinajstić information content (AvgIpc) is 2.60. The number of aliphatic hydroxyl groups excluding tert-OH is 2. The van der Waals surface area contributed by atoms with E-state index in [2.05, 4.69) is 32.2 Å². The highest BCUT2D eigenvalue weighted by Crippen LogP contribution is 2.52. The van der Waals surface area contributed by atoms with Gasteiger partial charge in [0.15, 0.2) is 0 Å². The highest BCUT2D eigenvalue weighted by Gasteiger charge is 2.44. The van der Waals surface area contributed by atoms with E-state index >= 15 is 0 Å². The molecule has 0 bridgehead atoms. The Balaban J connectivity index is 1.77. The second-order valence-electron chi connectivity index (χ2n) is 8.13. The van der Waals surface area contributed by atoms with Gasteiger partial charge in [0.05, 0.1) is 13.2 Å². The molecule has 1 amide bonds. The van der Waals surface area contributed by atoms with Crippen LogP contribution in [0.2, 0.25) is 0 Å². The van der Waals surface area contributed by atoms with E-state index in [1.54, 1.807) is 0 Å². The lowest BCUT2D eigenvalue weighted by Gasteiger charge is -2.48. The summed E-state index contributed by atoms with van der Waals surface area (Å²) in [5, 5.41) is 20.8. The first-order valence-electron chi connectivity index (χ1n) is 9.98. The number of rotatable bonds is 8. The van der Waals surface area contributed by atoms with Gasteiger partial charge in [-0.15, -0.1) is 0 Å². The van der Waals surface area contributed by atoms with Gasteiger partial charge >= 0.3 is 6.09 Å². The van der Waals surface area contributed by atoms with Crippen LogP contribution in [-0.2, 0) is 4.74 Å². The summed E-state index contributed by atoms with van der Waals surface area (Å²) in [6.45, 7) is 9.14. The summed E-state index contributed by atoms with van der Waals surface area (Å²) in [5.74, 6) is 1.38. The lowest BCUT2D eigenvalue weighted by Crippen LogP contribution is -2.42. The number of amides is 1. The van der Waals surface area contributed by atoms with E-state index < -0.39 is 0 Å². The number of carbonyl (C=O) groups excluding carboxylic acids is 1. The third kappa shape index (κ3) is 5.21. The highest BCUT2D eigenvalue weighted by molar-refractivity contribution is 5.67. The molecular formula is C20H36N2O4. The Labute approximate surface area is 157 Å². The van der Waals surface area contributed by atoms with Crippen LogP contribution in [0.15, 0.2) is 11.6 Å². The molecule has 6 nitrogen and oxygen atoms in total. The van der Waals surface area contributed by atoms with Crippen LogP contribution in [0.25, 0.3) is 0 Å². The van der Waals surface area contributed by atoms with E-state index in [4.69, 9.17) is 14.9 Å². The predicted molar refractivity (Wildman–Crippen MR) is 102 cm³/mol. The number of nitrogens with one attached hydrogen (secondary N) is 1. The van der Waals surface area contributed by atoms with Crippen molar-refractivity contribution in [2.24, 2.45) is 17.3 Å². The van der Waals surface area contributed by atoms with Crippen LogP contribution in [0, 0.1) is 17.3 Å². The molecule has 6 heteroatoms. The molecular weight excluding hydrogens is 332 g/mol. The van der Waals surface area contributed by atoms with Crippen molar-refractivity contribution in [2.45, 2.75) is 52.6 Å². The summed E-state index contributed by atoms with van der Waals surface area (Å²) in [7, 11) is 0. The van der Waals surface area contributed by atoms with Crippen LogP contribution in [0.5, 0.6) is 0 Å². The van der Waals surface area contributed by atoms with Crippen molar-refractivity contribution >= 4 is 6.09 Å². The summed E-state index contributed by atoms with van der Waals surface area (Å²) in [6.07, 6.45) is 5.92. The van der Waals surface area contributed by atoms with Crippen LogP contribution in [0.3, 0.4) is 0 Å². The number of hydrogen-bond donors (Lipinski definition) is 3. The minimum absolute atomic E-state index is 0.0391. The first-order chi connectivity index (χ1) is 12.4. The van der Waals surface area contributed by atoms with Gasteiger partial charge in [0.2, 0.25) is 0 Å². The Hall–Kier alpha value is -1.11. The number of aliphatic hydroxyl groups is 2. The molecule has 1 fully saturated rings. The number of fused-ring (bicyclic) bond motifs is 1. The van der Waals surface area contributed by atoms with Gasteiger partial charge in [-0.1, -0.05) is 32.4 Å². The molecule has 0 radical (unpaired) electrons. The Morgan fingerprint density at radius 3 is 2.65 bits per heavy atom. The number of alkyl carbamates (subject to hydrolysis) is 1. The summed E-state index contributed by atoms with van der Waals surface area (Å²) in [5.41, 5.74) is 1.72. The van der Waals surface area contributed by atoms with Crippen LogP contribution < -0.4 is 5.32 Å². The molecule has 1 saturated carbocycles. The van der Waals surface area contributed by atoms with Crippen molar-refractivity contribution in [3.8, 4) is 0 Å². The molecule has 0 aromatic carbocycles. The molecule has 0 aliphatic heterocycles. The van der Waals surface area contributed by atoms with Crippen LogP contribution in [0.1, 0.15) is 46.5 Å². The zero-order valence-corrected chi connectivity index (χ0v) is 16.5. The molecule has 26 heavy (non-hydrogen) atoms. The van der Waals surface area contributed by atoms with Gasteiger partial charge in [0.25, 0.3) is 0 Å².